The molecule has 1 aliphatic rings. The zero-order valence-corrected chi connectivity index (χ0v) is 10.3. The number of hydrogen-bond acceptors (Lipinski definition) is 2. The molecule has 1 aliphatic carbocycles. The van der Waals surface area contributed by atoms with Crippen molar-refractivity contribution in [2.45, 2.75) is 64.8 Å². The molecule has 0 amide bonds. The average molecular weight is 212 g/mol. The number of aliphatic hydroxyl groups excluding tert-OH is 1. The third kappa shape index (κ3) is 3.62. The molecule has 15 heavy (non-hydrogen) atoms. The molecule has 2 nitrogen and oxygen atoms in total. The van der Waals surface area contributed by atoms with Crippen LogP contribution in [0.1, 0.15) is 52.9 Å². The van der Waals surface area contributed by atoms with Crippen LogP contribution in [0.25, 0.3) is 0 Å². The van der Waals surface area contributed by atoms with Gasteiger partial charge in [-0.25, -0.2) is 0 Å². The van der Waals surface area contributed by atoms with E-state index in [4.69, 9.17) is 4.74 Å². The minimum Gasteiger partial charge on any atom is -0.364 e. The first-order valence-corrected chi connectivity index (χ1v) is 5.95. The Hall–Kier alpha value is -0.340. The highest BCUT2D eigenvalue weighted by Crippen LogP contribution is 2.35. The van der Waals surface area contributed by atoms with Gasteiger partial charge in [-0.15, -0.1) is 0 Å². The summed E-state index contributed by atoms with van der Waals surface area (Å²) in [6, 6.07) is 0. The van der Waals surface area contributed by atoms with Gasteiger partial charge in [-0.05, 0) is 45.1 Å². The van der Waals surface area contributed by atoms with E-state index in [0.717, 1.165) is 0 Å². The molecule has 0 radical (unpaired) electrons. The molecule has 0 aromatic carbocycles. The van der Waals surface area contributed by atoms with Gasteiger partial charge in [0.2, 0.25) is 0 Å². The fourth-order valence-electron chi connectivity index (χ4n) is 2.28. The van der Waals surface area contributed by atoms with Crippen LogP contribution in [0.2, 0.25) is 0 Å². The maximum atomic E-state index is 9.67. The third-order valence-electron chi connectivity index (χ3n) is 3.43. The Balaban J connectivity index is 2.52. The Bertz CT molecular complexity index is 215. The van der Waals surface area contributed by atoms with Crippen molar-refractivity contribution in [1.82, 2.24) is 0 Å². The highest BCUT2D eigenvalue weighted by atomic mass is 16.6. The van der Waals surface area contributed by atoms with Gasteiger partial charge in [0, 0.05) is 0 Å². The van der Waals surface area contributed by atoms with E-state index in [9.17, 15) is 5.11 Å². The maximum absolute atomic E-state index is 9.67. The lowest BCUT2D eigenvalue weighted by molar-refractivity contribution is -0.177. The summed E-state index contributed by atoms with van der Waals surface area (Å²) < 4.78 is 5.69. The van der Waals surface area contributed by atoms with Gasteiger partial charge in [0.25, 0.3) is 0 Å². The molecule has 0 spiro atoms. The summed E-state index contributed by atoms with van der Waals surface area (Å²) >= 11 is 0. The van der Waals surface area contributed by atoms with Crippen LogP contribution in [0.3, 0.4) is 0 Å². The zero-order chi connectivity index (χ0) is 11.5. The van der Waals surface area contributed by atoms with Crippen molar-refractivity contribution in [3.8, 4) is 0 Å². The summed E-state index contributed by atoms with van der Waals surface area (Å²) in [7, 11) is 0. The van der Waals surface area contributed by atoms with E-state index in [0.29, 0.717) is 11.5 Å². The number of hydrogen-bond donors (Lipinski definition) is 1. The largest absolute Gasteiger partial charge is 0.364 e. The predicted molar refractivity (Wildman–Crippen MR) is 62.6 cm³/mol. The molecule has 0 saturated heterocycles. The maximum Gasteiger partial charge on any atom is 0.177 e. The van der Waals surface area contributed by atoms with Crippen molar-refractivity contribution in [1.29, 1.82) is 0 Å². The van der Waals surface area contributed by atoms with Gasteiger partial charge in [0.05, 0.1) is 5.60 Å². The van der Waals surface area contributed by atoms with Crippen molar-refractivity contribution < 1.29 is 9.84 Å². The lowest BCUT2D eigenvalue weighted by Crippen LogP contribution is -2.39. The van der Waals surface area contributed by atoms with Gasteiger partial charge in [0.15, 0.2) is 6.29 Å². The van der Waals surface area contributed by atoms with Crippen LogP contribution in [0.4, 0.5) is 0 Å². The number of aliphatic hydroxyl groups is 1. The molecular weight excluding hydrogens is 188 g/mol. The van der Waals surface area contributed by atoms with E-state index in [1.54, 1.807) is 6.92 Å². The van der Waals surface area contributed by atoms with Gasteiger partial charge >= 0.3 is 0 Å². The van der Waals surface area contributed by atoms with E-state index < -0.39 is 6.29 Å². The SMILES string of the molecule is C=C(C)C(O)OC(C)(C)C1CCCCC1. The van der Waals surface area contributed by atoms with Crippen LogP contribution in [-0.2, 0) is 4.74 Å². The van der Waals surface area contributed by atoms with Gasteiger partial charge < -0.3 is 9.84 Å². The average Bonchev–Trinajstić information content (AvgIpc) is 2.18. The van der Waals surface area contributed by atoms with Crippen LogP contribution >= 0.6 is 0 Å². The van der Waals surface area contributed by atoms with Crippen molar-refractivity contribution in [3.05, 3.63) is 12.2 Å². The van der Waals surface area contributed by atoms with Crippen LogP contribution in [-0.4, -0.2) is 17.0 Å². The summed E-state index contributed by atoms with van der Waals surface area (Å²) in [5, 5.41) is 9.67. The summed E-state index contributed by atoms with van der Waals surface area (Å²) in [5.41, 5.74) is 0.442. The molecule has 1 fully saturated rings. The molecule has 1 rings (SSSR count). The molecule has 0 heterocycles. The van der Waals surface area contributed by atoms with Crippen LogP contribution < -0.4 is 0 Å². The van der Waals surface area contributed by atoms with Crippen molar-refractivity contribution in [2.24, 2.45) is 5.92 Å². The monoisotopic (exact) mass is 212 g/mol. The highest BCUT2D eigenvalue weighted by Gasteiger charge is 2.33. The van der Waals surface area contributed by atoms with Crippen molar-refractivity contribution in [2.75, 3.05) is 0 Å². The topological polar surface area (TPSA) is 29.5 Å². The lowest BCUT2D eigenvalue weighted by atomic mass is 9.79. The summed E-state index contributed by atoms with van der Waals surface area (Å²) in [4.78, 5) is 0. The second kappa shape index (κ2) is 5.13. The number of ether oxygens (including phenoxy) is 1. The fraction of sp³-hybridized carbons (Fsp3) is 0.846. The molecule has 0 aromatic heterocycles. The lowest BCUT2D eigenvalue weighted by Gasteiger charge is -2.38. The first-order chi connectivity index (χ1) is 6.93. The minimum atomic E-state index is -0.818. The molecule has 0 aliphatic heterocycles. The summed E-state index contributed by atoms with van der Waals surface area (Å²) in [6.07, 6.45) is 5.55. The minimum absolute atomic E-state index is 0.237. The quantitative estimate of drug-likeness (QED) is 0.572. The second-order valence-corrected chi connectivity index (χ2v) is 5.25. The van der Waals surface area contributed by atoms with E-state index >= 15 is 0 Å². The Morgan fingerprint density at radius 2 is 1.87 bits per heavy atom. The molecule has 0 bridgehead atoms. The Morgan fingerprint density at radius 1 is 1.33 bits per heavy atom. The van der Waals surface area contributed by atoms with E-state index in [1.165, 1.54) is 32.1 Å². The van der Waals surface area contributed by atoms with Gasteiger partial charge in [-0.1, -0.05) is 25.8 Å². The zero-order valence-electron chi connectivity index (χ0n) is 10.3. The van der Waals surface area contributed by atoms with Gasteiger partial charge in [-0.2, -0.15) is 0 Å². The number of rotatable bonds is 4. The molecule has 2 heteroatoms. The fourth-order valence-corrected chi connectivity index (χ4v) is 2.28. The molecule has 88 valence electrons. The normalized spacial score (nSPS) is 21.3. The van der Waals surface area contributed by atoms with E-state index in [2.05, 4.69) is 20.4 Å². The van der Waals surface area contributed by atoms with Crippen molar-refractivity contribution >= 4 is 0 Å². The van der Waals surface area contributed by atoms with E-state index in [-0.39, 0.29) is 5.60 Å². The smallest absolute Gasteiger partial charge is 0.177 e. The molecular formula is C13H24O2. The Kier molecular flexibility index (Phi) is 4.35. The third-order valence-corrected chi connectivity index (χ3v) is 3.43. The van der Waals surface area contributed by atoms with Crippen LogP contribution in [0.15, 0.2) is 12.2 Å². The van der Waals surface area contributed by atoms with Gasteiger partial charge in [-0.3, -0.25) is 0 Å². The van der Waals surface area contributed by atoms with Gasteiger partial charge in [0.1, 0.15) is 0 Å². The molecule has 1 saturated carbocycles. The second-order valence-electron chi connectivity index (χ2n) is 5.25. The van der Waals surface area contributed by atoms with Crippen molar-refractivity contribution in [3.63, 3.8) is 0 Å². The van der Waals surface area contributed by atoms with Crippen LogP contribution in [0, 0.1) is 5.92 Å². The highest BCUT2D eigenvalue weighted by molar-refractivity contribution is 4.94. The molecule has 1 atom stereocenters. The Labute approximate surface area is 93.3 Å². The standard InChI is InChI=1S/C13H24O2/c1-10(2)12(14)15-13(3,4)11-8-6-5-7-9-11/h11-12,14H,1,5-9H2,2-4H3. The van der Waals surface area contributed by atoms with E-state index in [1.807, 2.05) is 0 Å². The predicted octanol–water partition coefficient (Wildman–Crippen LogP) is 3.26. The molecule has 0 aromatic rings. The molecule has 1 unspecified atom stereocenters. The van der Waals surface area contributed by atoms with Crippen LogP contribution in [0.5, 0.6) is 0 Å². The Morgan fingerprint density at radius 3 is 2.33 bits per heavy atom. The first-order valence-electron chi connectivity index (χ1n) is 5.95. The first kappa shape index (κ1) is 12.7. The summed E-state index contributed by atoms with van der Waals surface area (Å²) in [5.74, 6) is 0.570. The molecule has 1 N–H and O–H groups in total. The summed E-state index contributed by atoms with van der Waals surface area (Å²) in [6.45, 7) is 9.66.